The summed E-state index contributed by atoms with van der Waals surface area (Å²) >= 11 is 6.08. The van der Waals surface area contributed by atoms with Gasteiger partial charge in [0.1, 0.15) is 17.7 Å². The molecule has 5 atom stereocenters. The van der Waals surface area contributed by atoms with Gasteiger partial charge in [0, 0.05) is 0 Å². The molecule has 0 bridgehead atoms. The first kappa shape index (κ1) is 28.9. The molecule has 0 saturated carbocycles. The topological polar surface area (TPSA) is 230 Å². The Morgan fingerprint density at radius 3 is 2.66 bits per heavy atom. The number of hydrogen-bond donors (Lipinski definition) is 7. The van der Waals surface area contributed by atoms with Crippen LogP contribution in [0.5, 0.6) is 0 Å². The number of hydrogen-bond acceptors (Lipinski definition) is 11. The zero-order valence-electron chi connectivity index (χ0n) is 19.4. The summed E-state index contributed by atoms with van der Waals surface area (Å²) in [7, 11) is -9.79. The predicted molar refractivity (Wildman–Crippen MR) is 129 cm³/mol. The van der Waals surface area contributed by atoms with Crippen LogP contribution in [-0.4, -0.2) is 80.3 Å². The quantitative estimate of drug-likeness (QED) is 0.104. The van der Waals surface area contributed by atoms with Crippen molar-refractivity contribution in [2.45, 2.75) is 37.2 Å². The zero-order chi connectivity index (χ0) is 28.0. The number of fused-ring (bicyclic) bond motifs is 1. The van der Waals surface area contributed by atoms with Gasteiger partial charge in [-0.05, 0) is 36.2 Å². The largest absolute Gasteiger partial charge is 0.383 e. The fourth-order valence-electron chi connectivity index (χ4n) is 3.81. The molecular weight excluding hydrogens is 575 g/mol. The average Bonchev–Trinajstić information content (AvgIpc) is 3.29. The summed E-state index contributed by atoms with van der Waals surface area (Å²) in [5, 5.41) is 38.5. The molecule has 3 aromatic rings. The molecule has 1 saturated heterocycles. The molecule has 1 unspecified atom stereocenters. The van der Waals surface area contributed by atoms with Crippen molar-refractivity contribution >= 4 is 43.6 Å². The molecular formula is C19H23ClFN5O10P2. The Hall–Kier alpha value is -2.07. The molecule has 1 aliphatic heterocycles. The molecule has 1 aliphatic rings. The van der Waals surface area contributed by atoms with Crippen molar-refractivity contribution in [2.24, 2.45) is 0 Å². The van der Waals surface area contributed by atoms with Crippen LogP contribution in [0.15, 0.2) is 30.5 Å². The molecule has 2 aromatic heterocycles. The van der Waals surface area contributed by atoms with Crippen molar-refractivity contribution in [3.8, 4) is 0 Å². The van der Waals surface area contributed by atoms with Gasteiger partial charge in [-0.15, -0.1) is 0 Å². The van der Waals surface area contributed by atoms with Crippen molar-refractivity contribution in [3.63, 3.8) is 0 Å². The summed E-state index contributed by atoms with van der Waals surface area (Å²) in [5.41, 5.74) is 0.595. The molecule has 0 aliphatic carbocycles. The Balaban J connectivity index is 1.59. The summed E-state index contributed by atoms with van der Waals surface area (Å²) in [6.45, 7) is 0.717. The Morgan fingerprint density at radius 2 is 2.00 bits per heavy atom. The molecule has 7 N–H and O–H groups in total. The molecule has 15 nitrogen and oxygen atoms in total. The van der Waals surface area contributed by atoms with E-state index in [1.165, 1.54) is 18.3 Å². The van der Waals surface area contributed by atoms with Crippen LogP contribution in [0.25, 0.3) is 11.0 Å². The van der Waals surface area contributed by atoms with E-state index >= 15 is 0 Å². The van der Waals surface area contributed by atoms with Gasteiger partial charge in [-0.2, -0.15) is 15.1 Å². The van der Waals surface area contributed by atoms with E-state index < -0.39 is 63.8 Å². The standard InChI is InChI=1S/C19H23ClFN5O10P2/c1-9(10-3-2-4-11(21)5-10)23-15-12-6-22-26(16(12)25-18(20)24-15)17-14(27)19(28,29)13(36-17)7-35-38(33,34)8-37(30,31)32/h2-6,9,13-14,17,27-29H,7-8H2,1H3,(H,33,34)(H,23,24,25)(H2,30,31,32)/t9-,13+,14-,17+/m0/s1. The lowest BCUT2D eigenvalue weighted by Crippen LogP contribution is -2.49. The third-order valence-electron chi connectivity index (χ3n) is 5.64. The molecule has 38 heavy (non-hydrogen) atoms. The molecule has 0 spiro atoms. The van der Waals surface area contributed by atoms with Crippen LogP contribution in [0.4, 0.5) is 10.2 Å². The Kier molecular flexibility index (Phi) is 7.98. The van der Waals surface area contributed by atoms with E-state index in [2.05, 4.69) is 24.9 Å². The molecule has 4 rings (SSSR count). The Bertz CT molecular complexity index is 1440. The summed E-state index contributed by atoms with van der Waals surface area (Å²) in [6.07, 6.45) is -4.27. The van der Waals surface area contributed by atoms with Crippen molar-refractivity contribution < 1.29 is 52.8 Å². The van der Waals surface area contributed by atoms with Crippen LogP contribution < -0.4 is 5.32 Å². The van der Waals surface area contributed by atoms with Crippen LogP contribution in [0.1, 0.15) is 24.8 Å². The van der Waals surface area contributed by atoms with Gasteiger partial charge in [0.25, 0.3) is 0 Å². The van der Waals surface area contributed by atoms with Crippen molar-refractivity contribution in [1.29, 1.82) is 0 Å². The first-order chi connectivity index (χ1) is 17.6. The molecule has 1 aromatic carbocycles. The first-order valence-electron chi connectivity index (χ1n) is 10.8. The second-order valence-electron chi connectivity index (χ2n) is 8.57. The lowest BCUT2D eigenvalue weighted by molar-refractivity contribution is -0.234. The summed E-state index contributed by atoms with van der Waals surface area (Å²) in [6, 6.07) is 5.43. The van der Waals surface area contributed by atoms with Gasteiger partial charge in [0.15, 0.2) is 23.9 Å². The summed E-state index contributed by atoms with van der Waals surface area (Å²) in [4.78, 5) is 35.7. The highest BCUT2D eigenvalue weighted by atomic mass is 35.5. The highest BCUT2D eigenvalue weighted by molar-refractivity contribution is 7.70. The number of nitrogens with one attached hydrogen (secondary N) is 1. The summed E-state index contributed by atoms with van der Waals surface area (Å²) in [5.74, 6) is -4.79. The van der Waals surface area contributed by atoms with Crippen LogP contribution in [0, 0.1) is 5.82 Å². The summed E-state index contributed by atoms with van der Waals surface area (Å²) < 4.78 is 47.6. The fourth-order valence-corrected chi connectivity index (χ4v) is 6.54. The number of anilines is 1. The van der Waals surface area contributed by atoms with Gasteiger partial charge in [0.05, 0.1) is 24.2 Å². The minimum absolute atomic E-state index is 0.00492. The monoisotopic (exact) mass is 597 g/mol. The van der Waals surface area contributed by atoms with E-state index in [0.717, 1.165) is 4.68 Å². The van der Waals surface area contributed by atoms with E-state index in [1.807, 2.05) is 0 Å². The first-order valence-corrected chi connectivity index (χ1v) is 14.7. The van der Waals surface area contributed by atoms with Crippen LogP contribution in [-0.2, 0) is 18.4 Å². The molecule has 3 heterocycles. The minimum Gasteiger partial charge on any atom is -0.383 e. The van der Waals surface area contributed by atoms with Gasteiger partial charge >= 0.3 is 15.2 Å². The number of nitrogens with zero attached hydrogens (tertiary/aromatic N) is 4. The van der Waals surface area contributed by atoms with Crippen LogP contribution in [0.2, 0.25) is 5.28 Å². The maximum absolute atomic E-state index is 13.6. The number of rotatable bonds is 9. The second kappa shape index (κ2) is 10.5. The van der Waals surface area contributed by atoms with Gasteiger partial charge in [0.2, 0.25) is 11.1 Å². The average molecular weight is 598 g/mol. The van der Waals surface area contributed by atoms with Gasteiger partial charge in [-0.25, -0.2) is 9.07 Å². The van der Waals surface area contributed by atoms with E-state index in [0.29, 0.717) is 5.56 Å². The number of benzene rings is 1. The highest BCUT2D eigenvalue weighted by Crippen LogP contribution is 2.55. The van der Waals surface area contributed by atoms with Gasteiger partial charge < -0.3 is 44.6 Å². The highest BCUT2D eigenvalue weighted by Gasteiger charge is 2.56. The number of ether oxygens (including phenoxy) is 1. The van der Waals surface area contributed by atoms with Gasteiger partial charge in [-0.3, -0.25) is 9.13 Å². The lowest BCUT2D eigenvalue weighted by atomic mass is 10.1. The van der Waals surface area contributed by atoms with Crippen molar-refractivity contribution in [2.75, 3.05) is 17.8 Å². The number of aliphatic hydroxyl groups excluding tert-OH is 1. The SMILES string of the molecule is C[C@H](Nc1nc(Cl)nc2c1cnn2[C@@H]1O[C@H](COP(=O)(O)CP(=O)(O)O)C(O)(O)[C@H]1O)c1cccc(F)c1. The molecule has 0 amide bonds. The Labute approximate surface area is 218 Å². The third-order valence-corrected chi connectivity index (χ3v) is 9.27. The van der Waals surface area contributed by atoms with Crippen LogP contribution in [0.3, 0.4) is 0 Å². The molecule has 208 valence electrons. The lowest BCUT2D eigenvalue weighted by Gasteiger charge is -2.25. The van der Waals surface area contributed by atoms with E-state index in [1.54, 1.807) is 19.1 Å². The molecule has 1 fully saturated rings. The van der Waals surface area contributed by atoms with Crippen LogP contribution >= 0.6 is 26.8 Å². The maximum atomic E-state index is 13.6. The minimum atomic E-state index is -4.93. The fraction of sp³-hybridized carbons (Fsp3) is 0.421. The second-order valence-corrected chi connectivity index (χ2v) is 12.9. The Morgan fingerprint density at radius 1 is 1.29 bits per heavy atom. The van der Waals surface area contributed by atoms with E-state index in [9.17, 15) is 33.7 Å². The number of aromatic nitrogens is 4. The number of aliphatic hydroxyl groups is 3. The molecule has 0 radical (unpaired) electrons. The smallest absolute Gasteiger partial charge is 0.340 e. The maximum Gasteiger partial charge on any atom is 0.340 e. The van der Waals surface area contributed by atoms with E-state index in [-0.39, 0.29) is 22.1 Å². The van der Waals surface area contributed by atoms with E-state index in [4.69, 9.17) is 26.1 Å². The van der Waals surface area contributed by atoms with Gasteiger partial charge in [-0.1, -0.05) is 12.1 Å². The van der Waals surface area contributed by atoms with Crippen molar-refractivity contribution in [3.05, 3.63) is 47.1 Å². The zero-order valence-corrected chi connectivity index (χ0v) is 21.9. The number of halogens is 2. The predicted octanol–water partition coefficient (Wildman–Crippen LogP) is 1.07. The van der Waals surface area contributed by atoms with Crippen molar-refractivity contribution in [1.82, 2.24) is 19.7 Å². The third kappa shape index (κ3) is 6.22. The molecule has 19 heteroatoms. The normalized spacial score (nSPS) is 23.9.